The van der Waals surface area contributed by atoms with Crippen molar-refractivity contribution < 1.29 is 9.90 Å². The van der Waals surface area contributed by atoms with Crippen molar-refractivity contribution in [2.24, 2.45) is 12.5 Å². The zero-order valence-electron chi connectivity index (χ0n) is 11.5. The summed E-state index contributed by atoms with van der Waals surface area (Å²) < 4.78 is 1.72. The molecule has 0 spiro atoms. The predicted molar refractivity (Wildman–Crippen MR) is 74.8 cm³/mol. The highest BCUT2D eigenvalue weighted by molar-refractivity contribution is 5.93. The quantitative estimate of drug-likeness (QED) is 0.767. The third kappa shape index (κ3) is 3.10. The summed E-state index contributed by atoms with van der Waals surface area (Å²) in [5, 5.41) is 12.5. The van der Waals surface area contributed by atoms with Crippen molar-refractivity contribution in [2.75, 3.05) is 18.9 Å². The van der Waals surface area contributed by atoms with Crippen molar-refractivity contribution in [3.8, 4) is 0 Å². The van der Waals surface area contributed by atoms with E-state index in [1.165, 1.54) is 6.42 Å². The van der Waals surface area contributed by atoms with Crippen LogP contribution in [0.1, 0.15) is 42.6 Å². The minimum atomic E-state index is -0.134. The van der Waals surface area contributed by atoms with E-state index in [0.717, 1.165) is 25.7 Å². The van der Waals surface area contributed by atoms with E-state index in [2.05, 4.69) is 5.32 Å². The molecule has 1 amide bonds. The van der Waals surface area contributed by atoms with E-state index in [-0.39, 0.29) is 17.9 Å². The molecule has 1 aliphatic carbocycles. The van der Waals surface area contributed by atoms with Gasteiger partial charge in [0.2, 0.25) is 0 Å². The molecule has 0 unspecified atom stereocenters. The number of rotatable bonds is 4. The van der Waals surface area contributed by atoms with Crippen LogP contribution in [0.5, 0.6) is 0 Å². The number of aryl methyl sites for hydroxylation is 1. The Morgan fingerprint density at radius 1 is 1.47 bits per heavy atom. The number of aliphatic hydroxyl groups excluding tert-OH is 1. The van der Waals surface area contributed by atoms with Crippen molar-refractivity contribution in [2.45, 2.75) is 32.1 Å². The summed E-state index contributed by atoms with van der Waals surface area (Å²) in [7, 11) is 1.80. The molecular formula is C14H23N3O2. The van der Waals surface area contributed by atoms with Crippen molar-refractivity contribution in [3.63, 3.8) is 0 Å². The summed E-state index contributed by atoms with van der Waals surface area (Å²) in [6, 6.07) is 1.67. The fourth-order valence-corrected chi connectivity index (χ4v) is 2.87. The minimum Gasteiger partial charge on any atom is -0.397 e. The van der Waals surface area contributed by atoms with Crippen LogP contribution in [0, 0.1) is 5.41 Å². The van der Waals surface area contributed by atoms with E-state index in [4.69, 9.17) is 5.73 Å². The highest BCUT2D eigenvalue weighted by Gasteiger charge is 2.31. The summed E-state index contributed by atoms with van der Waals surface area (Å²) in [5.41, 5.74) is 6.68. The number of nitrogens with two attached hydrogens (primary N) is 1. The van der Waals surface area contributed by atoms with Gasteiger partial charge in [0.1, 0.15) is 5.69 Å². The third-order valence-corrected chi connectivity index (χ3v) is 4.13. The van der Waals surface area contributed by atoms with E-state index in [1.54, 1.807) is 23.9 Å². The number of aliphatic hydroxyl groups is 1. The molecular weight excluding hydrogens is 242 g/mol. The van der Waals surface area contributed by atoms with Crippen LogP contribution < -0.4 is 11.1 Å². The summed E-state index contributed by atoms with van der Waals surface area (Å²) in [6.45, 7) is 0.677. The number of carbonyl (C=O) groups is 1. The van der Waals surface area contributed by atoms with Gasteiger partial charge < -0.3 is 20.7 Å². The number of nitrogen functional groups attached to an aromatic ring is 1. The molecule has 19 heavy (non-hydrogen) atoms. The molecule has 0 aromatic carbocycles. The van der Waals surface area contributed by atoms with Crippen molar-refractivity contribution in [3.05, 3.63) is 18.0 Å². The molecule has 2 rings (SSSR count). The van der Waals surface area contributed by atoms with E-state index in [0.29, 0.717) is 17.9 Å². The van der Waals surface area contributed by atoms with Gasteiger partial charge in [0.15, 0.2) is 0 Å². The van der Waals surface area contributed by atoms with Crippen molar-refractivity contribution in [1.29, 1.82) is 0 Å². The zero-order chi connectivity index (χ0) is 13.9. The highest BCUT2D eigenvalue weighted by Crippen LogP contribution is 2.35. The number of nitrogens with zero attached hydrogens (tertiary/aromatic N) is 1. The molecule has 1 aromatic heterocycles. The maximum atomic E-state index is 12.1. The molecule has 0 atom stereocenters. The number of anilines is 1. The second-order valence-corrected chi connectivity index (χ2v) is 5.67. The molecule has 5 heteroatoms. The molecule has 1 aliphatic rings. The normalized spacial score (nSPS) is 18.2. The molecule has 1 heterocycles. The lowest BCUT2D eigenvalue weighted by atomic mass is 9.74. The smallest absolute Gasteiger partial charge is 0.267 e. The molecule has 1 saturated carbocycles. The molecule has 0 bridgehead atoms. The Kier molecular flexibility index (Phi) is 4.14. The topological polar surface area (TPSA) is 80.3 Å². The third-order valence-electron chi connectivity index (χ3n) is 4.13. The highest BCUT2D eigenvalue weighted by atomic mass is 16.3. The first-order valence-electron chi connectivity index (χ1n) is 6.87. The number of aromatic nitrogens is 1. The lowest BCUT2D eigenvalue weighted by molar-refractivity contribution is 0.0714. The first kappa shape index (κ1) is 13.9. The predicted octanol–water partition coefficient (Wildman–Crippen LogP) is 1.28. The van der Waals surface area contributed by atoms with Gasteiger partial charge in [-0.2, -0.15) is 0 Å². The molecule has 4 N–H and O–H groups in total. The Labute approximate surface area is 113 Å². The Balaban J connectivity index is 1.97. The van der Waals surface area contributed by atoms with Gasteiger partial charge in [-0.15, -0.1) is 0 Å². The fourth-order valence-electron chi connectivity index (χ4n) is 2.87. The van der Waals surface area contributed by atoms with Gasteiger partial charge in [0, 0.05) is 25.2 Å². The lowest BCUT2D eigenvalue weighted by Crippen LogP contribution is -2.41. The van der Waals surface area contributed by atoms with Crippen LogP contribution in [0.3, 0.4) is 0 Å². The molecule has 1 fully saturated rings. The average molecular weight is 265 g/mol. The van der Waals surface area contributed by atoms with Gasteiger partial charge in [-0.1, -0.05) is 19.3 Å². The molecule has 0 aliphatic heterocycles. The fraction of sp³-hybridized carbons (Fsp3) is 0.643. The van der Waals surface area contributed by atoms with Crippen LogP contribution >= 0.6 is 0 Å². The Bertz CT molecular complexity index is 448. The lowest BCUT2D eigenvalue weighted by Gasteiger charge is -2.35. The second kappa shape index (κ2) is 5.65. The van der Waals surface area contributed by atoms with Gasteiger partial charge in [0.25, 0.3) is 5.91 Å². The monoisotopic (exact) mass is 265 g/mol. The Morgan fingerprint density at radius 3 is 2.68 bits per heavy atom. The van der Waals surface area contributed by atoms with Crippen LogP contribution in [0.2, 0.25) is 0 Å². The van der Waals surface area contributed by atoms with Crippen LogP contribution in [0.15, 0.2) is 12.3 Å². The standard InChI is InChI=1S/C14H23N3O2/c1-17-8-11(15)7-12(17)13(19)16-9-14(10-18)5-3-2-4-6-14/h7-8,18H,2-6,9-10,15H2,1H3,(H,16,19). The molecule has 0 saturated heterocycles. The van der Waals surface area contributed by atoms with Crippen LogP contribution in [0.4, 0.5) is 5.69 Å². The number of hydrogen-bond donors (Lipinski definition) is 3. The summed E-state index contributed by atoms with van der Waals surface area (Å²) >= 11 is 0. The van der Waals surface area contributed by atoms with Gasteiger partial charge in [0.05, 0.1) is 12.3 Å². The van der Waals surface area contributed by atoms with E-state index >= 15 is 0 Å². The number of hydrogen-bond acceptors (Lipinski definition) is 3. The number of amides is 1. The maximum Gasteiger partial charge on any atom is 0.267 e. The summed E-state index contributed by atoms with van der Waals surface area (Å²) in [6.07, 6.45) is 7.18. The number of carbonyl (C=O) groups excluding carboxylic acids is 1. The molecule has 5 nitrogen and oxygen atoms in total. The Hall–Kier alpha value is -1.49. The first-order valence-corrected chi connectivity index (χ1v) is 6.87. The number of nitrogens with one attached hydrogen (secondary N) is 1. The van der Waals surface area contributed by atoms with Crippen LogP contribution in [0.25, 0.3) is 0 Å². The van der Waals surface area contributed by atoms with E-state index in [1.807, 2.05) is 0 Å². The summed E-state index contributed by atoms with van der Waals surface area (Å²) in [5.74, 6) is -0.127. The maximum absolute atomic E-state index is 12.1. The van der Waals surface area contributed by atoms with Gasteiger partial charge in [-0.05, 0) is 18.9 Å². The minimum absolute atomic E-state index is 0.127. The van der Waals surface area contributed by atoms with Gasteiger partial charge in [-0.25, -0.2) is 0 Å². The van der Waals surface area contributed by atoms with Crippen molar-refractivity contribution >= 4 is 11.6 Å². The molecule has 106 valence electrons. The van der Waals surface area contributed by atoms with E-state index in [9.17, 15) is 9.90 Å². The van der Waals surface area contributed by atoms with Crippen LogP contribution in [-0.2, 0) is 7.05 Å². The van der Waals surface area contributed by atoms with Crippen LogP contribution in [-0.4, -0.2) is 28.7 Å². The van der Waals surface area contributed by atoms with Gasteiger partial charge in [-0.3, -0.25) is 4.79 Å². The SMILES string of the molecule is Cn1cc(N)cc1C(=O)NCC1(CO)CCCCC1. The molecule has 1 aromatic rings. The average Bonchev–Trinajstić information content (AvgIpc) is 2.76. The molecule has 0 radical (unpaired) electrons. The zero-order valence-corrected chi connectivity index (χ0v) is 11.5. The summed E-state index contributed by atoms with van der Waals surface area (Å²) in [4.78, 5) is 12.1. The van der Waals surface area contributed by atoms with Gasteiger partial charge >= 0.3 is 0 Å². The van der Waals surface area contributed by atoms with Crippen molar-refractivity contribution in [1.82, 2.24) is 9.88 Å². The van der Waals surface area contributed by atoms with E-state index < -0.39 is 0 Å². The first-order chi connectivity index (χ1) is 9.06. The second-order valence-electron chi connectivity index (χ2n) is 5.67. The largest absolute Gasteiger partial charge is 0.397 e. The Morgan fingerprint density at radius 2 is 2.16 bits per heavy atom.